The molecular formula is C17H21BrO3. The first-order chi connectivity index (χ1) is 9.77. The Morgan fingerprint density at radius 1 is 1.38 bits per heavy atom. The van der Waals surface area contributed by atoms with Crippen molar-refractivity contribution in [3.63, 3.8) is 0 Å². The van der Waals surface area contributed by atoms with E-state index in [9.17, 15) is 9.90 Å². The van der Waals surface area contributed by atoms with E-state index in [0.717, 1.165) is 12.8 Å². The molecule has 0 aromatic heterocycles. The molecule has 2 fully saturated rings. The Hall–Kier alpha value is -1.03. The van der Waals surface area contributed by atoms with E-state index in [1.165, 1.54) is 6.42 Å². The molecule has 3 rings (SSSR count). The number of rotatable bonds is 3. The van der Waals surface area contributed by atoms with Crippen LogP contribution in [-0.2, 0) is 0 Å². The van der Waals surface area contributed by atoms with E-state index in [2.05, 4.69) is 36.7 Å². The number of hydrogen-bond donors (Lipinski definition) is 1. The lowest BCUT2D eigenvalue weighted by atomic mass is 9.70. The summed E-state index contributed by atoms with van der Waals surface area (Å²) in [4.78, 5) is 11.5. The van der Waals surface area contributed by atoms with Crippen molar-refractivity contribution in [2.45, 2.75) is 46.1 Å². The van der Waals surface area contributed by atoms with Crippen molar-refractivity contribution >= 4 is 21.9 Å². The first kappa shape index (κ1) is 14.9. The quantitative estimate of drug-likeness (QED) is 0.854. The summed E-state index contributed by atoms with van der Waals surface area (Å²) in [5.74, 6) is 0.199. The van der Waals surface area contributed by atoms with Crippen molar-refractivity contribution < 1.29 is 14.6 Å². The molecule has 4 heteroatoms. The van der Waals surface area contributed by atoms with E-state index in [0.29, 0.717) is 16.1 Å². The van der Waals surface area contributed by atoms with Gasteiger partial charge in [-0.2, -0.15) is 0 Å². The van der Waals surface area contributed by atoms with Gasteiger partial charge in [0.25, 0.3) is 0 Å². The van der Waals surface area contributed by atoms with Gasteiger partial charge < -0.3 is 9.84 Å². The molecule has 0 aliphatic heterocycles. The Kier molecular flexibility index (Phi) is 3.36. The van der Waals surface area contributed by atoms with Gasteiger partial charge in [-0.1, -0.05) is 26.8 Å². The Morgan fingerprint density at radius 3 is 2.62 bits per heavy atom. The van der Waals surface area contributed by atoms with Gasteiger partial charge >= 0.3 is 5.97 Å². The number of hydrogen-bond acceptors (Lipinski definition) is 2. The second kappa shape index (κ2) is 4.73. The molecule has 0 radical (unpaired) electrons. The number of benzene rings is 1. The van der Waals surface area contributed by atoms with E-state index >= 15 is 0 Å². The van der Waals surface area contributed by atoms with Crippen LogP contribution in [0.15, 0.2) is 22.7 Å². The smallest absolute Gasteiger partial charge is 0.340 e. The van der Waals surface area contributed by atoms with Gasteiger partial charge in [0.15, 0.2) is 0 Å². The number of carboxylic acids is 1. The van der Waals surface area contributed by atoms with E-state index < -0.39 is 5.97 Å². The SMILES string of the molecule is CC1(C)C2CCC1(C)C(Oc1cccc(Br)c1C(=O)O)C2. The van der Waals surface area contributed by atoms with Crippen molar-refractivity contribution in [2.75, 3.05) is 0 Å². The lowest BCUT2D eigenvalue weighted by Gasteiger charge is -2.39. The molecule has 0 heterocycles. The van der Waals surface area contributed by atoms with E-state index in [1.807, 2.05) is 6.07 Å². The van der Waals surface area contributed by atoms with Gasteiger partial charge in [0, 0.05) is 9.89 Å². The summed E-state index contributed by atoms with van der Waals surface area (Å²) >= 11 is 3.31. The molecule has 3 nitrogen and oxygen atoms in total. The highest BCUT2D eigenvalue weighted by molar-refractivity contribution is 9.10. The fraction of sp³-hybridized carbons (Fsp3) is 0.588. The van der Waals surface area contributed by atoms with E-state index in [-0.39, 0.29) is 22.5 Å². The predicted octanol–water partition coefficient (Wildman–Crippen LogP) is 4.74. The zero-order valence-corrected chi connectivity index (χ0v) is 14.2. The zero-order chi connectivity index (χ0) is 15.4. The van der Waals surface area contributed by atoms with Crippen molar-refractivity contribution in [3.8, 4) is 5.75 Å². The van der Waals surface area contributed by atoms with Crippen LogP contribution in [0.3, 0.4) is 0 Å². The molecule has 0 amide bonds. The summed E-state index contributed by atoms with van der Waals surface area (Å²) in [6.45, 7) is 6.95. The zero-order valence-electron chi connectivity index (χ0n) is 12.6. The third-order valence-electron chi connectivity index (χ3n) is 6.17. The van der Waals surface area contributed by atoms with Crippen LogP contribution in [0.2, 0.25) is 0 Å². The van der Waals surface area contributed by atoms with Crippen LogP contribution in [0.5, 0.6) is 5.75 Å². The predicted molar refractivity (Wildman–Crippen MR) is 84.7 cm³/mol. The Labute approximate surface area is 133 Å². The Balaban J connectivity index is 1.93. The van der Waals surface area contributed by atoms with E-state index in [4.69, 9.17) is 4.74 Å². The first-order valence-electron chi connectivity index (χ1n) is 7.46. The van der Waals surface area contributed by atoms with Gasteiger partial charge in [0.05, 0.1) is 0 Å². The highest BCUT2D eigenvalue weighted by Gasteiger charge is 2.62. The minimum Gasteiger partial charge on any atom is -0.489 e. The van der Waals surface area contributed by atoms with Crippen molar-refractivity contribution in [1.82, 2.24) is 0 Å². The Bertz CT molecular complexity index is 596. The molecule has 1 aromatic rings. The minimum atomic E-state index is -0.954. The number of carbonyl (C=O) groups is 1. The molecule has 3 unspecified atom stereocenters. The van der Waals surface area contributed by atoms with Gasteiger partial charge in [-0.25, -0.2) is 4.79 Å². The fourth-order valence-corrected chi connectivity index (χ4v) is 4.79. The molecule has 3 atom stereocenters. The molecule has 21 heavy (non-hydrogen) atoms. The third kappa shape index (κ3) is 2.02. The molecule has 0 spiro atoms. The number of carboxylic acid groups (broad SMARTS) is 1. The highest BCUT2D eigenvalue weighted by Crippen LogP contribution is 2.66. The maximum absolute atomic E-state index is 11.5. The first-order valence-corrected chi connectivity index (χ1v) is 8.25. The summed E-state index contributed by atoms with van der Waals surface area (Å²) in [5, 5.41) is 9.41. The Morgan fingerprint density at radius 2 is 2.10 bits per heavy atom. The third-order valence-corrected chi connectivity index (χ3v) is 6.83. The molecule has 2 aliphatic rings. The summed E-state index contributed by atoms with van der Waals surface area (Å²) < 4.78 is 6.78. The van der Waals surface area contributed by atoms with Crippen molar-refractivity contribution in [3.05, 3.63) is 28.2 Å². The second-order valence-corrected chi connectivity index (χ2v) is 7.99. The largest absolute Gasteiger partial charge is 0.489 e. The summed E-state index contributed by atoms with van der Waals surface area (Å²) in [7, 11) is 0. The standard InChI is InChI=1S/C17H21BrO3/c1-16(2)10-7-8-17(16,3)13(9-10)21-12-6-4-5-11(18)14(12)15(19)20/h4-6,10,13H,7-9H2,1-3H3,(H,19,20). The van der Waals surface area contributed by atoms with E-state index in [1.54, 1.807) is 12.1 Å². The molecule has 114 valence electrons. The summed E-state index contributed by atoms with van der Waals surface area (Å²) in [6.07, 6.45) is 3.53. The lowest BCUT2D eigenvalue weighted by molar-refractivity contribution is 0.0288. The maximum Gasteiger partial charge on any atom is 0.340 e. The van der Waals surface area contributed by atoms with Crippen LogP contribution in [0.1, 0.15) is 50.4 Å². The molecule has 1 aromatic carbocycles. The molecule has 0 saturated heterocycles. The van der Waals surface area contributed by atoms with Gasteiger partial charge in [0.1, 0.15) is 17.4 Å². The van der Waals surface area contributed by atoms with Crippen molar-refractivity contribution in [2.24, 2.45) is 16.7 Å². The van der Waals surface area contributed by atoms with Crippen LogP contribution < -0.4 is 4.74 Å². The van der Waals surface area contributed by atoms with Crippen LogP contribution in [0, 0.1) is 16.7 Å². The average molecular weight is 353 g/mol. The van der Waals surface area contributed by atoms with Crippen LogP contribution in [0.25, 0.3) is 0 Å². The second-order valence-electron chi connectivity index (χ2n) is 7.14. The normalized spacial score (nSPS) is 33.1. The van der Waals surface area contributed by atoms with Crippen LogP contribution in [-0.4, -0.2) is 17.2 Å². The maximum atomic E-state index is 11.5. The summed E-state index contributed by atoms with van der Waals surface area (Å²) in [6, 6.07) is 5.33. The van der Waals surface area contributed by atoms with Crippen molar-refractivity contribution in [1.29, 1.82) is 0 Å². The molecule has 2 bridgehead atoms. The van der Waals surface area contributed by atoms with Crippen LogP contribution in [0.4, 0.5) is 0 Å². The topological polar surface area (TPSA) is 46.5 Å². The average Bonchev–Trinajstić information content (AvgIpc) is 2.71. The fourth-order valence-electron chi connectivity index (χ4n) is 4.27. The monoisotopic (exact) mass is 352 g/mol. The van der Waals surface area contributed by atoms with Gasteiger partial charge in [-0.3, -0.25) is 0 Å². The van der Waals surface area contributed by atoms with Gasteiger partial charge in [0.2, 0.25) is 0 Å². The number of aromatic carboxylic acids is 1. The molecule has 2 aliphatic carbocycles. The molecule has 1 N–H and O–H groups in total. The molecule has 2 saturated carbocycles. The number of fused-ring (bicyclic) bond motifs is 2. The van der Waals surface area contributed by atoms with Gasteiger partial charge in [-0.15, -0.1) is 0 Å². The number of ether oxygens (including phenoxy) is 1. The lowest BCUT2D eigenvalue weighted by Crippen LogP contribution is -2.39. The highest BCUT2D eigenvalue weighted by atomic mass is 79.9. The molecular weight excluding hydrogens is 332 g/mol. The van der Waals surface area contributed by atoms with Gasteiger partial charge in [-0.05, 0) is 58.7 Å². The summed E-state index contributed by atoms with van der Waals surface area (Å²) in [5.41, 5.74) is 0.602. The minimum absolute atomic E-state index is 0.0960. The number of halogens is 1. The van der Waals surface area contributed by atoms with Crippen LogP contribution >= 0.6 is 15.9 Å².